The lowest BCUT2D eigenvalue weighted by Gasteiger charge is -2.34. The molecule has 2 aliphatic heterocycles. The van der Waals surface area contributed by atoms with Gasteiger partial charge in [0.25, 0.3) is 0 Å². The van der Waals surface area contributed by atoms with Crippen molar-refractivity contribution in [3.8, 4) is 0 Å². The lowest BCUT2D eigenvalue weighted by atomic mass is 9.94. The fourth-order valence-electron chi connectivity index (χ4n) is 5.02. The number of hydrogen-bond donors (Lipinski definition) is 0. The van der Waals surface area contributed by atoms with Crippen LogP contribution in [0.15, 0.2) is 47.7 Å². The second-order valence-electron chi connectivity index (χ2n) is 7.97. The molecule has 1 aliphatic carbocycles. The molecule has 2 fully saturated rings. The third kappa shape index (κ3) is 3.00. The number of nitrogens with zero attached hydrogens (tertiary/aromatic N) is 4. The molecular weight excluding hydrogens is 352 g/mol. The molecule has 4 nitrogen and oxygen atoms in total. The summed E-state index contributed by atoms with van der Waals surface area (Å²) in [5, 5.41) is 1.22. The van der Waals surface area contributed by atoms with Crippen LogP contribution in [0.2, 0.25) is 0 Å². The molecule has 5 heteroatoms. The highest BCUT2D eigenvalue weighted by Gasteiger charge is 2.46. The summed E-state index contributed by atoms with van der Waals surface area (Å²) in [5.41, 5.74) is 2.52. The summed E-state index contributed by atoms with van der Waals surface area (Å²) < 4.78 is 2.58. The van der Waals surface area contributed by atoms with E-state index in [-0.39, 0.29) is 12.1 Å². The molecule has 3 aliphatic rings. The summed E-state index contributed by atoms with van der Waals surface area (Å²) >= 11 is 1.93. The molecule has 0 spiro atoms. The average molecular weight is 381 g/mol. The van der Waals surface area contributed by atoms with Crippen molar-refractivity contribution in [3.05, 3.63) is 54.1 Å². The van der Waals surface area contributed by atoms with Crippen LogP contribution in [0.25, 0.3) is 0 Å². The van der Waals surface area contributed by atoms with Crippen molar-refractivity contribution in [2.75, 3.05) is 5.75 Å². The first-order valence-corrected chi connectivity index (χ1v) is 11.4. The molecule has 4 heterocycles. The Hall–Kier alpha value is -1.75. The number of rotatable bonds is 4. The van der Waals surface area contributed by atoms with Gasteiger partial charge in [0.1, 0.15) is 6.04 Å². The minimum absolute atomic E-state index is 0.0975. The predicted molar refractivity (Wildman–Crippen MR) is 112 cm³/mol. The van der Waals surface area contributed by atoms with E-state index in [4.69, 9.17) is 4.99 Å². The lowest BCUT2D eigenvalue weighted by molar-refractivity contribution is 0.235. The van der Waals surface area contributed by atoms with Crippen LogP contribution in [-0.2, 0) is 0 Å². The van der Waals surface area contributed by atoms with Gasteiger partial charge in [0.2, 0.25) is 0 Å². The maximum atomic E-state index is 5.17. The first-order valence-electron chi connectivity index (χ1n) is 10.4. The molecular formula is C22H28N4S. The van der Waals surface area contributed by atoms with Crippen molar-refractivity contribution in [1.82, 2.24) is 14.5 Å². The van der Waals surface area contributed by atoms with E-state index in [2.05, 4.69) is 51.8 Å². The van der Waals surface area contributed by atoms with Crippen LogP contribution in [0, 0.1) is 0 Å². The number of pyridine rings is 1. The standard InChI is InChI=1S/C22H28N4S/c1-2-16-15-27-22-24-20(18-11-6-7-13-23-18)21(26(16)22)19-12-8-14-25(19)17-9-4-3-5-10-17/h6-8,11-14,16-17,20-21H,2-5,9-10,15H2,1H3/t16-,20-,21+/m0/s1. The maximum absolute atomic E-state index is 5.17. The fourth-order valence-corrected chi connectivity index (χ4v) is 6.36. The molecule has 1 saturated carbocycles. The molecule has 5 rings (SSSR count). The molecule has 0 N–H and O–H groups in total. The molecule has 142 valence electrons. The summed E-state index contributed by atoms with van der Waals surface area (Å²) in [6, 6.07) is 12.4. The van der Waals surface area contributed by atoms with Crippen LogP contribution >= 0.6 is 11.8 Å². The summed E-state index contributed by atoms with van der Waals surface area (Å²) in [4.78, 5) is 12.5. The van der Waals surface area contributed by atoms with Gasteiger partial charge >= 0.3 is 0 Å². The Bertz CT molecular complexity index is 809. The zero-order chi connectivity index (χ0) is 18.2. The van der Waals surface area contributed by atoms with E-state index >= 15 is 0 Å². The van der Waals surface area contributed by atoms with Gasteiger partial charge < -0.3 is 9.47 Å². The second kappa shape index (κ2) is 7.34. The van der Waals surface area contributed by atoms with Gasteiger partial charge in [-0.3, -0.25) is 9.98 Å². The van der Waals surface area contributed by atoms with Gasteiger partial charge in [0, 0.05) is 35.9 Å². The van der Waals surface area contributed by atoms with Crippen LogP contribution in [0.1, 0.15) is 75.0 Å². The van der Waals surface area contributed by atoms with E-state index < -0.39 is 0 Å². The predicted octanol–water partition coefficient (Wildman–Crippen LogP) is 5.37. The summed E-state index contributed by atoms with van der Waals surface area (Å²) in [7, 11) is 0. The van der Waals surface area contributed by atoms with Crippen molar-refractivity contribution in [2.45, 2.75) is 69.6 Å². The number of thioether (sulfide) groups is 1. The van der Waals surface area contributed by atoms with Gasteiger partial charge in [-0.05, 0) is 43.5 Å². The van der Waals surface area contributed by atoms with Gasteiger partial charge in [0.15, 0.2) is 5.17 Å². The first kappa shape index (κ1) is 17.4. The highest BCUT2D eigenvalue weighted by molar-refractivity contribution is 8.14. The highest BCUT2D eigenvalue weighted by atomic mass is 32.2. The first-order chi connectivity index (χ1) is 13.4. The Morgan fingerprint density at radius 1 is 1.11 bits per heavy atom. The molecule has 0 unspecified atom stereocenters. The zero-order valence-corrected chi connectivity index (χ0v) is 16.8. The molecule has 3 atom stereocenters. The van der Waals surface area contributed by atoms with Gasteiger partial charge in [0.05, 0.1) is 11.7 Å². The van der Waals surface area contributed by atoms with Crippen molar-refractivity contribution < 1.29 is 0 Å². The highest BCUT2D eigenvalue weighted by Crippen LogP contribution is 2.49. The van der Waals surface area contributed by atoms with Crippen LogP contribution in [0.4, 0.5) is 0 Å². The molecule has 1 saturated heterocycles. The molecule has 2 aromatic heterocycles. The molecule has 2 aromatic rings. The lowest BCUT2D eigenvalue weighted by Crippen LogP contribution is -2.36. The largest absolute Gasteiger partial charge is 0.346 e. The van der Waals surface area contributed by atoms with E-state index in [0.29, 0.717) is 12.1 Å². The summed E-state index contributed by atoms with van der Waals surface area (Å²) in [5.74, 6) is 1.16. The van der Waals surface area contributed by atoms with Crippen LogP contribution in [-0.4, -0.2) is 31.4 Å². The van der Waals surface area contributed by atoms with Crippen LogP contribution < -0.4 is 0 Å². The zero-order valence-electron chi connectivity index (χ0n) is 16.0. The van der Waals surface area contributed by atoms with E-state index in [0.717, 1.165) is 11.4 Å². The van der Waals surface area contributed by atoms with E-state index in [1.54, 1.807) is 0 Å². The van der Waals surface area contributed by atoms with Gasteiger partial charge in [-0.15, -0.1) is 0 Å². The minimum atomic E-state index is 0.0975. The van der Waals surface area contributed by atoms with Gasteiger partial charge in [-0.25, -0.2) is 0 Å². The topological polar surface area (TPSA) is 33.4 Å². The van der Waals surface area contributed by atoms with Crippen molar-refractivity contribution >= 4 is 16.9 Å². The summed E-state index contributed by atoms with van der Waals surface area (Å²) in [6.45, 7) is 2.31. The SMILES string of the molecule is CC[C@H]1CSC2=N[C@@H](c3ccccn3)[C@@H](c3cccn3C3CCCCC3)N21. The Morgan fingerprint density at radius 2 is 2.00 bits per heavy atom. The van der Waals surface area contributed by atoms with Crippen molar-refractivity contribution in [1.29, 1.82) is 0 Å². The quantitative estimate of drug-likeness (QED) is 0.715. The molecule has 0 radical (unpaired) electrons. The average Bonchev–Trinajstić information content (AvgIpc) is 3.44. The van der Waals surface area contributed by atoms with Crippen molar-refractivity contribution in [2.24, 2.45) is 4.99 Å². The molecule has 0 bridgehead atoms. The summed E-state index contributed by atoms with van der Waals surface area (Å²) in [6.07, 6.45) is 12.1. The van der Waals surface area contributed by atoms with Crippen LogP contribution in [0.5, 0.6) is 0 Å². The molecule has 0 aromatic carbocycles. The van der Waals surface area contributed by atoms with Crippen LogP contribution in [0.3, 0.4) is 0 Å². The monoisotopic (exact) mass is 380 g/mol. The van der Waals surface area contributed by atoms with E-state index in [9.17, 15) is 0 Å². The van der Waals surface area contributed by atoms with Crippen molar-refractivity contribution in [3.63, 3.8) is 0 Å². The Balaban J connectivity index is 1.56. The molecule has 0 amide bonds. The number of aromatic nitrogens is 2. The minimum Gasteiger partial charge on any atom is -0.346 e. The molecule has 27 heavy (non-hydrogen) atoms. The maximum Gasteiger partial charge on any atom is 0.160 e. The third-order valence-electron chi connectivity index (χ3n) is 6.41. The Labute approximate surface area is 166 Å². The normalized spacial score (nSPS) is 28.4. The number of amidine groups is 1. The number of hydrogen-bond acceptors (Lipinski definition) is 4. The Kier molecular flexibility index (Phi) is 4.72. The number of aliphatic imine (C=N–C) groups is 1. The van der Waals surface area contributed by atoms with E-state index in [1.165, 1.54) is 49.4 Å². The Morgan fingerprint density at radius 3 is 2.78 bits per heavy atom. The van der Waals surface area contributed by atoms with E-state index in [1.807, 2.05) is 24.0 Å². The fraction of sp³-hybridized carbons (Fsp3) is 0.545. The third-order valence-corrected chi connectivity index (χ3v) is 7.54. The number of fused-ring (bicyclic) bond motifs is 1. The smallest absolute Gasteiger partial charge is 0.160 e. The second-order valence-corrected chi connectivity index (χ2v) is 8.96. The van der Waals surface area contributed by atoms with Gasteiger partial charge in [-0.2, -0.15) is 0 Å². The van der Waals surface area contributed by atoms with Gasteiger partial charge in [-0.1, -0.05) is 44.0 Å².